The number of ether oxygens (including phenoxy) is 1. The molecule has 0 aromatic heterocycles. The van der Waals surface area contributed by atoms with Crippen molar-refractivity contribution in [2.24, 2.45) is 5.92 Å². The van der Waals surface area contributed by atoms with E-state index in [4.69, 9.17) is 4.74 Å². The number of benzene rings is 2. The van der Waals surface area contributed by atoms with Crippen LogP contribution in [0.5, 0.6) is 5.75 Å². The van der Waals surface area contributed by atoms with E-state index in [0.29, 0.717) is 18.0 Å². The normalized spacial score (nSPS) is 17.1. The minimum Gasteiger partial charge on any atom is -0.495 e. The maximum Gasteiger partial charge on any atom is 0.238 e. The monoisotopic (exact) mass is 367 g/mol. The number of para-hydroxylation sites is 3. The van der Waals surface area contributed by atoms with Crippen molar-refractivity contribution < 1.29 is 14.3 Å². The Morgan fingerprint density at radius 2 is 1.81 bits per heavy atom. The topological polar surface area (TPSA) is 70.7 Å². The van der Waals surface area contributed by atoms with Gasteiger partial charge in [-0.3, -0.25) is 14.5 Å². The van der Waals surface area contributed by atoms with Gasteiger partial charge in [-0.25, -0.2) is 0 Å². The standard InChI is InChI=1S/C21H25N3O3/c1-27-19-12-6-5-11-18(19)23-20(25)15-24-13-7-8-16(14-24)21(26)22-17-9-3-2-4-10-17/h2-6,9-12,16H,7-8,13-15H2,1H3,(H,22,26)(H,23,25). The summed E-state index contributed by atoms with van der Waals surface area (Å²) in [5.41, 5.74) is 1.45. The number of hydrogen-bond acceptors (Lipinski definition) is 4. The molecule has 2 N–H and O–H groups in total. The first-order chi connectivity index (χ1) is 13.2. The van der Waals surface area contributed by atoms with E-state index in [1.54, 1.807) is 13.2 Å². The molecule has 27 heavy (non-hydrogen) atoms. The van der Waals surface area contributed by atoms with Crippen LogP contribution in [-0.4, -0.2) is 43.5 Å². The summed E-state index contributed by atoms with van der Waals surface area (Å²) in [6.45, 7) is 1.65. The maximum atomic E-state index is 12.5. The lowest BCUT2D eigenvalue weighted by molar-refractivity contribution is -0.123. The van der Waals surface area contributed by atoms with Crippen LogP contribution in [0.3, 0.4) is 0 Å². The van der Waals surface area contributed by atoms with Crippen molar-refractivity contribution in [1.29, 1.82) is 0 Å². The average molecular weight is 367 g/mol. The lowest BCUT2D eigenvalue weighted by atomic mass is 9.97. The molecule has 6 heteroatoms. The van der Waals surface area contributed by atoms with Crippen molar-refractivity contribution in [3.05, 3.63) is 54.6 Å². The predicted octanol–water partition coefficient (Wildman–Crippen LogP) is 2.98. The Bertz CT molecular complexity index is 779. The van der Waals surface area contributed by atoms with Crippen LogP contribution in [0.2, 0.25) is 0 Å². The number of nitrogens with zero attached hydrogens (tertiary/aromatic N) is 1. The number of likely N-dealkylation sites (tertiary alicyclic amines) is 1. The molecule has 1 aliphatic rings. The van der Waals surface area contributed by atoms with Crippen LogP contribution in [0.4, 0.5) is 11.4 Å². The molecule has 3 rings (SSSR count). The van der Waals surface area contributed by atoms with Crippen LogP contribution in [0.15, 0.2) is 54.6 Å². The molecule has 2 aromatic carbocycles. The van der Waals surface area contributed by atoms with Crippen LogP contribution in [0, 0.1) is 5.92 Å². The molecule has 1 aliphatic heterocycles. The Labute approximate surface area is 159 Å². The average Bonchev–Trinajstić information content (AvgIpc) is 2.69. The summed E-state index contributed by atoms with van der Waals surface area (Å²) >= 11 is 0. The quantitative estimate of drug-likeness (QED) is 0.823. The highest BCUT2D eigenvalue weighted by molar-refractivity contribution is 5.94. The van der Waals surface area contributed by atoms with Crippen LogP contribution in [0.1, 0.15) is 12.8 Å². The fourth-order valence-corrected chi connectivity index (χ4v) is 3.32. The number of hydrogen-bond donors (Lipinski definition) is 2. The van der Waals surface area contributed by atoms with Gasteiger partial charge in [0.1, 0.15) is 5.75 Å². The van der Waals surface area contributed by atoms with Crippen molar-refractivity contribution in [3.8, 4) is 5.75 Å². The third-order valence-corrected chi connectivity index (χ3v) is 4.67. The van der Waals surface area contributed by atoms with Crippen LogP contribution < -0.4 is 15.4 Å². The van der Waals surface area contributed by atoms with Crippen molar-refractivity contribution in [2.75, 3.05) is 37.4 Å². The Balaban J connectivity index is 1.53. The van der Waals surface area contributed by atoms with Crippen molar-refractivity contribution in [1.82, 2.24) is 4.90 Å². The lowest BCUT2D eigenvalue weighted by Crippen LogP contribution is -2.44. The molecule has 1 heterocycles. The van der Waals surface area contributed by atoms with Gasteiger partial charge in [-0.05, 0) is 43.7 Å². The summed E-state index contributed by atoms with van der Waals surface area (Å²) in [7, 11) is 1.57. The number of carbonyl (C=O) groups is 2. The number of carbonyl (C=O) groups excluding carboxylic acids is 2. The second-order valence-corrected chi connectivity index (χ2v) is 6.68. The molecule has 1 unspecified atom stereocenters. The number of amides is 2. The largest absolute Gasteiger partial charge is 0.495 e. The van der Waals surface area contributed by atoms with E-state index in [0.717, 1.165) is 25.1 Å². The summed E-state index contributed by atoms with van der Waals surface area (Å²) in [5.74, 6) is 0.419. The Morgan fingerprint density at radius 3 is 2.59 bits per heavy atom. The van der Waals surface area contributed by atoms with E-state index in [1.807, 2.05) is 53.4 Å². The predicted molar refractivity (Wildman–Crippen MR) is 106 cm³/mol. The molecule has 1 fully saturated rings. The van der Waals surface area contributed by atoms with Gasteiger partial charge in [0.2, 0.25) is 11.8 Å². The van der Waals surface area contributed by atoms with Gasteiger partial charge in [-0.1, -0.05) is 30.3 Å². The number of nitrogens with one attached hydrogen (secondary N) is 2. The number of methoxy groups -OCH3 is 1. The Kier molecular flexibility index (Phi) is 6.44. The van der Waals surface area contributed by atoms with E-state index in [9.17, 15) is 9.59 Å². The second-order valence-electron chi connectivity index (χ2n) is 6.68. The SMILES string of the molecule is COc1ccccc1NC(=O)CN1CCCC(C(=O)Nc2ccccc2)C1. The molecule has 142 valence electrons. The van der Waals surface area contributed by atoms with Crippen LogP contribution in [-0.2, 0) is 9.59 Å². The fourth-order valence-electron chi connectivity index (χ4n) is 3.32. The zero-order valence-corrected chi connectivity index (χ0v) is 15.5. The van der Waals surface area contributed by atoms with Gasteiger partial charge in [0, 0.05) is 12.2 Å². The van der Waals surface area contributed by atoms with Gasteiger partial charge in [0.05, 0.1) is 25.3 Å². The summed E-state index contributed by atoms with van der Waals surface area (Å²) in [6.07, 6.45) is 1.73. The molecule has 0 saturated carbocycles. The van der Waals surface area contributed by atoms with Gasteiger partial charge >= 0.3 is 0 Å². The zero-order valence-electron chi connectivity index (χ0n) is 15.5. The summed E-state index contributed by atoms with van der Waals surface area (Å²) in [4.78, 5) is 27.0. The Hall–Kier alpha value is -2.86. The molecule has 6 nitrogen and oxygen atoms in total. The highest BCUT2D eigenvalue weighted by atomic mass is 16.5. The highest BCUT2D eigenvalue weighted by Gasteiger charge is 2.27. The van der Waals surface area contributed by atoms with Crippen molar-refractivity contribution >= 4 is 23.2 Å². The minimum atomic E-state index is -0.113. The summed E-state index contributed by atoms with van der Waals surface area (Å²) in [6, 6.07) is 16.8. The van der Waals surface area contributed by atoms with Crippen LogP contribution in [0.25, 0.3) is 0 Å². The molecule has 0 radical (unpaired) electrons. The van der Waals surface area contributed by atoms with Gasteiger partial charge in [-0.2, -0.15) is 0 Å². The highest BCUT2D eigenvalue weighted by Crippen LogP contribution is 2.23. The second kappa shape index (κ2) is 9.19. The molecule has 1 saturated heterocycles. The first-order valence-electron chi connectivity index (χ1n) is 9.17. The molecule has 2 amide bonds. The molecule has 0 aliphatic carbocycles. The van der Waals surface area contributed by atoms with E-state index < -0.39 is 0 Å². The van der Waals surface area contributed by atoms with Gasteiger partial charge < -0.3 is 15.4 Å². The van der Waals surface area contributed by atoms with Crippen molar-refractivity contribution in [3.63, 3.8) is 0 Å². The molecule has 0 spiro atoms. The van der Waals surface area contributed by atoms with E-state index in [-0.39, 0.29) is 24.3 Å². The first kappa shape index (κ1) is 18.9. The summed E-state index contributed by atoms with van der Waals surface area (Å²) in [5, 5.41) is 5.84. The zero-order chi connectivity index (χ0) is 19.1. The third kappa shape index (κ3) is 5.31. The van der Waals surface area contributed by atoms with E-state index in [2.05, 4.69) is 10.6 Å². The molecular weight excluding hydrogens is 342 g/mol. The first-order valence-corrected chi connectivity index (χ1v) is 9.17. The molecule has 1 atom stereocenters. The van der Waals surface area contributed by atoms with Gasteiger partial charge in [0.25, 0.3) is 0 Å². The molecule has 0 bridgehead atoms. The molecule has 2 aromatic rings. The van der Waals surface area contributed by atoms with E-state index >= 15 is 0 Å². The maximum absolute atomic E-state index is 12.5. The van der Waals surface area contributed by atoms with E-state index in [1.165, 1.54) is 0 Å². The number of piperidine rings is 1. The Morgan fingerprint density at radius 1 is 1.07 bits per heavy atom. The number of rotatable bonds is 6. The number of anilines is 2. The molecular formula is C21H25N3O3. The lowest BCUT2D eigenvalue weighted by Gasteiger charge is -2.31. The third-order valence-electron chi connectivity index (χ3n) is 4.67. The minimum absolute atomic E-state index is 0.0102. The van der Waals surface area contributed by atoms with Gasteiger partial charge in [-0.15, -0.1) is 0 Å². The smallest absolute Gasteiger partial charge is 0.238 e. The van der Waals surface area contributed by atoms with Gasteiger partial charge in [0.15, 0.2) is 0 Å². The van der Waals surface area contributed by atoms with Crippen LogP contribution >= 0.6 is 0 Å². The summed E-state index contributed by atoms with van der Waals surface area (Å²) < 4.78 is 5.26. The fraction of sp³-hybridized carbons (Fsp3) is 0.333. The van der Waals surface area contributed by atoms with Crippen molar-refractivity contribution in [2.45, 2.75) is 12.8 Å².